The topological polar surface area (TPSA) is 133 Å². The van der Waals surface area contributed by atoms with Gasteiger partial charge in [0, 0.05) is 18.3 Å². The van der Waals surface area contributed by atoms with E-state index in [0.717, 1.165) is 31.2 Å². The lowest BCUT2D eigenvalue weighted by Crippen LogP contribution is -2.44. The summed E-state index contributed by atoms with van der Waals surface area (Å²) in [6.07, 6.45) is 8.06. The van der Waals surface area contributed by atoms with Crippen LogP contribution in [0.3, 0.4) is 0 Å². The second-order valence-electron chi connectivity index (χ2n) is 7.71. The van der Waals surface area contributed by atoms with Gasteiger partial charge in [0.1, 0.15) is 12.0 Å². The fraction of sp³-hybridized carbons (Fsp3) is 0.400. The molecule has 0 aromatic carbocycles. The van der Waals surface area contributed by atoms with E-state index in [-0.39, 0.29) is 18.6 Å². The van der Waals surface area contributed by atoms with Gasteiger partial charge in [-0.1, -0.05) is 0 Å². The Morgan fingerprint density at radius 1 is 1.07 bits per heavy atom. The number of aliphatic hydroxyl groups excluding tert-OH is 1. The Hall–Kier alpha value is -3.40. The first-order valence-electron chi connectivity index (χ1n) is 10.1. The van der Waals surface area contributed by atoms with Crippen LogP contribution in [0.5, 0.6) is 0 Å². The summed E-state index contributed by atoms with van der Waals surface area (Å²) in [5, 5.41) is 19.5. The normalized spacial score (nSPS) is 21.2. The fourth-order valence-corrected chi connectivity index (χ4v) is 3.99. The predicted molar refractivity (Wildman–Crippen MR) is 109 cm³/mol. The van der Waals surface area contributed by atoms with Crippen molar-refractivity contribution < 1.29 is 9.90 Å². The monoisotopic (exact) mass is 406 g/mol. The first-order chi connectivity index (χ1) is 14.7. The van der Waals surface area contributed by atoms with Gasteiger partial charge in [-0.3, -0.25) is 19.8 Å². The molecule has 1 aliphatic heterocycles. The summed E-state index contributed by atoms with van der Waals surface area (Å²) >= 11 is 0. The molecule has 0 atom stereocenters. The lowest BCUT2D eigenvalue weighted by molar-refractivity contribution is -0.117. The third-order valence-electron chi connectivity index (χ3n) is 5.68. The van der Waals surface area contributed by atoms with Gasteiger partial charge >= 0.3 is 0 Å². The molecule has 1 saturated carbocycles. The molecule has 0 bridgehead atoms. The van der Waals surface area contributed by atoms with E-state index in [0.29, 0.717) is 41.3 Å². The number of carbonyl (C=O) groups is 1. The molecule has 10 nitrogen and oxygen atoms in total. The highest BCUT2D eigenvalue weighted by molar-refractivity contribution is 6.00. The van der Waals surface area contributed by atoms with Crippen LogP contribution in [0, 0.1) is 5.92 Å². The number of nitrogens with zero attached hydrogens (tertiary/aromatic N) is 6. The van der Waals surface area contributed by atoms with Gasteiger partial charge in [0.05, 0.1) is 24.5 Å². The second-order valence-corrected chi connectivity index (χ2v) is 7.71. The molecule has 0 radical (unpaired) electrons. The van der Waals surface area contributed by atoms with Crippen molar-refractivity contribution in [3.05, 3.63) is 30.9 Å². The number of fused-ring (bicyclic) bond motifs is 1. The van der Waals surface area contributed by atoms with E-state index in [2.05, 4.69) is 30.5 Å². The molecule has 154 valence electrons. The molecule has 10 heteroatoms. The maximum atomic E-state index is 12.6. The van der Waals surface area contributed by atoms with Gasteiger partial charge in [-0.25, -0.2) is 15.0 Å². The van der Waals surface area contributed by atoms with Crippen molar-refractivity contribution in [2.24, 2.45) is 5.92 Å². The maximum Gasteiger partial charge on any atom is 0.247 e. The van der Waals surface area contributed by atoms with Crippen LogP contribution in [0.1, 0.15) is 25.7 Å². The number of aromatic amines is 1. The van der Waals surface area contributed by atoms with Gasteiger partial charge in [0.2, 0.25) is 5.91 Å². The number of hydrogen-bond donors (Lipinski definition) is 3. The van der Waals surface area contributed by atoms with Crippen LogP contribution in [-0.2, 0) is 4.79 Å². The number of aliphatic hydroxyl groups is 1. The Balaban J connectivity index is 1.41. The highest BCUT2D eigenvalue weighted by atomic mass is 16.3. The van der Waals surface area contributed by atoms with E-state index in [1.54, 1.807) is 17.3 Å². The molecule has 3 aromatic rings. The fourth-order valence-electron chi connectivity index (χ4n) is 3.99. The zero-order valence-corrected chi connectivity index (χ0v) is 16.3. The lowest BCUT2D eigenvalue weighted by atomic mass is 9.87. The third-order valence-corrected chi connectivity index (χ3v) is 5.68. The molecule has 3 aromatic heterocycles. The molecule has 1 amide bonds. The molecular formula is C20H22N8O2. The zero-order valence-electron chi connectivity index (χ0n) is 16.3. The van der Waals surface area contributed by atoms with Crippen molar-refractivity contribution in [2.45, 2.75) is 31.8 Å². The summed E-state index contributed by atoms with van der Waals surface area (Å²) < 4.78 is 0. The number of H-pyrrole nitrogens is 1. The summed E-state index contributed by atoms with van der Waals surface area (Å²) in [5.74, 6) is 2.03. The van der Waals surface area contributed by atoms with Crippen molar-refractivity contribution in [1.29, 1.82) is 0 Å². The Kier molecular flexibility index (Phi) is 4.83. The van der Waals surface area contributed by atoms with Gasteiger partial charge in [0.15, 0.2) is 17.5 Å². The third kappa shape index (κ3) is 3.61. The van der Waals surface area contributed by atoms with Gasteiger partial charge < -0.3 is 10.4 Å². The average molecular weight is 406 g/mol. The van der Waals surface area contributed by atoms with Crippen molar-refractivity contribution in [3.63, 3.8) is 0 Å². The number of nitrogens with one attached hydrogen (secondary N) is 2. The molecule has 3 N–H and O–H groups in total. The minimum atomic E-state index is -0.217. The largest absolute Gasteiger partial charge is 0.393 e. The second kappa shape index (κ2) is 7.79. The minimum absolute atomic E-state index is 0.0156. The molecule has 1 fully saturated rings. The van der Waals surface area contributed by atoms with Gasteiger partial charge in [-0.05, 0) is 43.7 Å². The predicted octanol–water partition coefficient (Wildman–Crippen LogP) is 1.63. The van der Waals surface area contributed by atoms with E-state index >= 15 is 0 Å². The average Bonchev–Trinajstić information content (AvgIpc) is 3.32. The van der Waals surface area contributed by atoms with Gasteiger partial charge in [-0.2, -0.15) is 5.10 Å². The summed E-state index contributed by atoms with van der Waals surface area (Å²) in [6.45, 7) is 0.809. The molecule has 30 heavy (non-hydrogen) atoms. The maximum absolute atomic E-state index is 12.6. The number of rotatable bonds is 4. The van der Waals surface area contributed by atoms with Crippen molar-refractivity contribution >= 4 is 17.5 Å². The van der Waals surface area contributed by atoms with Crippen molar-refractivity contribution in [2.75, 3.05) is 23.3 Å². The molecule has 0 spiro atoms. The zero-order chi connectivity index (χ0) is 20.5. The van der Waals surface area contributed by atoms with Crippen LogP contribution in [0.15, 0.2) is 30.9 Å². The molecular weight excluding hydrogens is 384 g/mol. The number of amides is 1. The highest BCUT2D eigenvalue weighted by Gasteiger charge is 2.30. The number of carbonyl (C=O) groups excluding carboxylic acids is 1. The van der Waals surface area contributed by atoms with Crippen molar-refractivity contribution in [1.82, 2.24) is 30.1 Å². The molecule has 4 heterocycles. The standard InChI is InChI=1S/C20H22N8O2/c29-14-4-1-12(2-5-14)10-28-17(30)9-23-19-20(28)26-16(8-22-19)13-3-6-15(21-7-13)18-24-11-25-27-18/h3,6-8,11-12,14,29H,1-2,4-5,9-10H2,(H,22,23)(H,24,25,27). The number of anilines is 2. The van der Waals surface area contributed by atoms with Crippen molar-refractivity contribution in [3.8, 4) is 22.8 Å². The van der Waals surface area contributed by atoms with Gasteiger partial charge in [-0.15, -0.1) is 0 Å². The van der Waals surface area contributed by atoms with Crippen LogP contribution >= 0.6 is 0 Å². The molecule has 0 saturated heterocycles. The summed E-state index contributed by atoms with van der Waals surface area (Å²) in [6, 6.07) is 3.72. The first-order valence-corrected chi connectivity index (χ1v) is 10.1. The molecule has 2 aliphatic rings. The van der Waals surface area contributed by atoms with Crippen LogP contribution in [0.2, 0.25) is 0 Å². The Labute approximate surface area is 172 Å². The Morgan fingerprint density at radius 3 is 2.67 bits per heavy atom. The van der Waals surface area contributed by atoms with Crippen LogP contribution in [-0.4, -0.2) is 60.3 Å². The van der Waals surface area contributed by atoms with E-state index in [9.17, 15) is 9.90 Å². The minimum Gasteiger partial charge on any atom is -0.393 e. The SMILES string of the molecule is O=C1CNc2ncc(-c3ccc(-c4nc[nH]n4)nc3)nc2N1CC1CCC(O)CC1. The number of pyridine rings is 1. The van der Waals surface area contributed by atoms with Crippen LogP contribution in [0.4, 0.5) is 11.6 Å². The van der Waals surface area contributed by atoms with E-state index in [1.165, 1.54) is 6.33 Å². The van der Waals surface area contributed by atoms with Gasteiger partial charge in [0.25, 0.3) is 0 Å². The van der Waals surface area contributed by atoms with E-state index < -0.39 is 0 Å². The summed E-state index contributed by atoms with van der Waals surface area (Å²) in [5.41, 5.74) is 2.09. The lowest BCUT2D eigenvalue weighted by Gasteiger charge is -2.33. The molecule has 1 aliphatic carbocycles. The molecule has 5 rings (SSSR count). The number of hydrogen-bond acceptors (Lipinski definition) is 8. The first kappa shape index (κ1) is 18.6. The summed E-state index contributed by atoms with van der Waals surface area (Å²) in [7, 11) is 0. The van der Waals surface area contributed by atoms with E-state index in [1.807, 2.05) is 12.1 Å². The highest BCUT2D eigenvalue weighted by Crippen LogP contribution is 2.32. The smallest absolute Gasteiger partial charge is 0.247 e. The van der Waals surface area contributed by atoms with Crippen LogP contribution in [0.25, 0.3) is 22.8 Å². The summed E-state index contributed by atoms with van der Waals surface area (Å²) in [4.78, 5) is 32.1. The number of aromatic nitrogens is 6. The quantitative estimate of drug-likeness (QED) is 0.595. The molecule has 0 unspecified atom stereocenters. The Morgan fingerprint density at radius 2 is 1.93 bits per heavy atom. The van der Waals surface area contributed by atoms with Crippen LogP contribution < -0.4 is 10.2 Å². The van der Waals surface area contributed by atoms with E-state index in [4.69, 9.17) is 4.98 Å². The Bertz CT molecular complexity index is 1030.